The van der Waals surface area contributed by atoms with Crippen LogP contribution >= 0.6 is 79.4 Å². The third kappa shape index (κ3) is 25.5. The maximum atomic E-state index is 12.8. The second kappa shape index (κ2) is 47.0. The Labute approximate surface area is 847 Å². The number of piperazine rings is 1. The molecule has 0 bridgehead atoms. The van der Waals surface area contributed by atoms with Gasteiger partial charge in [-0.15, -0.1) is 79.4 Å². The van der Waals surface area contributed by atoms with Gasteiger partial charge >= 0.3 is 6.18 Å². The zero-order valence-electron chi connectivity index (χ0n) is 79.7. The molecule has 0 aliphatic carbocycles. The number of thiazole rings is 7. The van der Waals surface area contributed by atoms with Crippen LogP contribution in [0.15, 0.2) is 244 Å². The fourth-order valence-electron chi connectivity index (χ4n) is 13.8. The Morgan fingerprint density at radius 1 is 0.350 bits per heavy atom. The maximum Gasteiger partial charge on any atom is 0.417 e. The highest BCUT2D eigenvalue weighted by Gasteiger charge is 2.31. The summed E-state index contributed by atoms with van der Waals surface area (Å²) >= 11 is 10.9. The second-order valence-corrected chi connectivity index (χ2v) is 38.6. The molecule has 22 rings (SSSR count). The molecule has 0 unspecified atom stereocenters. The van der Waals surface area contributed by atoms with E-state index < -0.39 is 11.7 Å². The standard InChI is InChI=1S/C16H17N5OS.C16H17N3OS.C15H15N3OS.C15H14N2O2S.C14H9F3N2OS.C14H14N4OS.C13H9FN2OS/c1-22-12-2-3-13-14(8-12)23-15(20-13)11-9-18-16(19-10-11)21-6-4-17-5-7-21;1-4-19(2)15-8-5-11(10-17-15)16-18-13-7-6-12(20-3)9-14(13)21-16;1-3-18(2)14-7-4-10(9-16-14)15-17-12-6-5-11(19)8-13(12)20-15;1-3-19-14-7-4-10(9-16-14)15-17-12-6-5-11(18-2)8-13(12)20-15;1-20-9-3-5-10-12(6-9)21-13(19-10)11-4-2-8(7-18-11)14(15,16)17;1-18(2)14-15-7-9(8-16-14)13-17-11-5-4-10(19-3)6-12(11)20-13;1-17-9-3-5-10-12(6-9)18-13(16-10)11-4-2-8(14)7-15-11/h2-3,8-10,17H,4-7H2,1H3;5-10H,4H2,1-3H3;4-9,19H,3H2,1-2H3;4-9H,3H2,1-2H3;2-7H,1H3;4-8H,1-3H3;2-7H,1H3. The van der Waals surface area contributed by atoms with Gasteiger partial charge in [-0.3, -0.25) is 9.97 Å². The summed E-state index contributed by atoms with van der Waals surface area (Å²) in [6.07, 6.45) is 10.5. The van der Waals surface area contributed by atoms with Crippen molar-refractivity contribution in [1.82, 2.24) is 85.1 Å². The fourth-order valence-corrected chi connectivity index (χ4v) is 20.6. The molecule has 0 amide bonds. The second-order valence-electron chi connectivity index (χ2n) is 31.4. The van der Waals surface area contributed by atoms with Crippen LogP contribution in [0.2, 0.25) is 0 Å². The molecular weight excluding hydrogens is 1960 g/mol. The van der Waals surface area contributed by atoms with E-state index in [1.54, 1.807) is 148 Å². The van der Waals surface area contributed by atoms with Crippen molar-refractivity contribution >= 4 is 174 Å². The average molecular weight is 2060 g/mol. The SMILES string of the molecule is CCN(C)c1ccc(-c2nc3ccc(O)cc3s2)cn1.CCN(C)c1ccc(-c2nc3ccc(OC)cc3s2)cn1.CCOc1ccc(-c2nc3ccc(OC)cc3s2)cn1.COc1ccc2nc(-c3ccc(C(F)(F)F)cn3)sc2c1.COc1ccc2nc(-c3ccc(F)cn3)sc2c1.COc1ccc2nc(-c3cnc(N(C)C)nc3)sc2c1.COc1ccc2nc(-c3cnc(N4CCNCC4)nc3)sc2c1. The Hall–Kier alpha value is -15.0. The number of nitrogens with one attached hydrogen (secondary N) is 1. The van der Waals surface area contributed by atoms with Gasteiger partial charge in [-0.05, 0) is 203 Å². The lowest BCUT2D eigenvalue weighted by Gasteiger charge is -2.27. The molecule has 21 aromatic rings. The third-order valence-corrected chi connectivity index (χ3v) is 29.2. The Morgan fingerprint density at radius 2 is 0.678 bits per heavy atom. The molecule has 1 aliphatic heterocycles. The van der Waals surface area contributed by atoms with Crippen LogP contribution in [-0.2, 0) is 6.18 Å². The van der Waals surface area contributed by atoms with Gasteiger partial charge in [0.15, 0.2) is 0 Å². The van der Waals surface area contributed by atoms with Crippen LogP contribution in [0.4, 0.5) is 41.1 Å². The molecular formula is C103H95F4N21O8S7. The number of benzene rings is 7. The van der Waals surface area contributed by atoms with E-state index in [1.807, 2.05) is 198 Å². The molecule has 15 heterocycles. The monoisotopic (exact) mass is 2050 g/mol. The van der Waals surface area contributed by atoms with E-state index in [0.717, 1.165) is 227 Å². The topological polar surface area (TPSA) is 316 Å². The summed E-state index contributed by atoms with van der Waals surface area (Å²) in [6, 6.07) is 57.3. The van der Waals surface area contributed by atoms with Gasteiger partial charge in [0.1, 0.15) is 92.8 Å². The largest absolute Gasteiger partial charge is 0.508 e. The lowest BCUT2D eigenvalue weighted by Crippen LogP contribution is -2.44. The number of ether oxygens (including phenoxy) is 7. The first-order valence-corrected chi connectivity index (χ1v) is 50.3. The molecule has 0 spiro atoms. The molecule has 0 radical (unpaired) electrons. The number of fused-ring (bicyclic) bond motifs is 7. The van der Waals surface area contributed by atoms with E-state index in [2.05, 4.69) is 120 Å². The molecule has 730 valence electrons. The van der Waals surface area contributed by atoms with Crippen molar-refractivity contribution in [1.29, 1.82) is 0 Å². The first-order chi connectivity index (χ1) is 69.4. The first-order valence-electron chi connectivity index (χ1n) is 44.6. The summed E-state index contributed by atoms with van der Waals surface area (Å²) in [4.78, 5) is 79.0. The smallest absolute Gasteiger partial charge is 0.417 e. The van der Waals surface area contributed by atoms with Crippen LogP contribution in [0.1, 0.15) is 26.3 Å². The molecule has 40 heteroatoms. The lowest BCUT2D eigenvalue weighted by molar-refractivity contribution is -0.137. The number of aromatic nitrogens is 16. The summed E-state index contributed by atoms with van der Waals surface area (Å²) in [7, 11) is 17.8. The molecule has 1 aliphatic rings. The number of phenols is 1. The number of nitrogens with zero attached hydrogens (tertiary/aromatic N) is 20. The maximum absolute atomic E-state index is 12.8. The number of anilines is 4. The molecule has 29 nitrogen and oxygen atoms in total. The summed E-state index contributed by atoms with van der Waals surface area (Å²) in [5.41, 5.74) is 11.7. The van der Waals surface area contributed by atoms with Crippen molar-refractivity contribution in [2.75, 3.05) is 136 Å². The summed E-state index contributed by atoms with van der Waals surface area (Å²) in [5.74, 6) is 8.86. The minimum Gasteiger partial charge on any atom is -0.508 e. The third-order valence-electron chi connectivity index (χ3n) is 21.8. The van der Waals surface area contributed by atoms with Crippen LogP contribution < -0.4 is 58.1 Å². The van der Waals surface area contributed by atoms with Crippen molar-refractivity contribution in [3.05, 3.63) is 255 Å². The van der Waals surface area contributed by atoms with Crippen molar-refractivity contribution in [2.45, 2.75) is 26.9 Å². The van der Waals surface area contributed by atoms with Crippen molar-refractivity contribution in [3.63, 3.8) is 0 Å². The number of hydrogen-bond donors (Lipinski definition) is 2. The van der Waals surface area contributed by atoms with Crippen molar-refractivity contribution < 1.29 is 55.8 Å². The Kier molecular flexibility index (Phi) is 33.2. The van der Waals surface area contributed by atoms with Gasteiger partial charge < -0.3 is 63.2 Å². The molecule has 1 saturated heterocycles. The molecule has 1 fully saturated rings. The minimum absolute atomic E-state index is 0.269. The number of aromatic hydroxyl groups is 1. The number of alkyl halides is 3. The average Bonchev–Trinajstić information content (AvgIpc) is 1.69. The predicted octanol–water partition coefficient (Wildman–Crippen LogP) is 24.0. The number of methoxy groups -OCH3 is 6. The highest BCUT2D eigenvalue weighted by Crippen LogP contribution is 2.41. The van der Waals surface area contributed by atoms with Gasteiger partial charge in [-0.25, -0.2) is 74.2 Å². The van der Waals surface area contributed by atoms with Crippen LogP contribution in [0.3, 0.4) is 0 Å². The first kappa shape index (κ1) is 101. The summed E-state index contributed by atoms with van der Waals surface area (Å²) < 4.78 is 94.3. The minimum atomic E-state index is -4.38. The highest BCUT2D eigenvalue weighted by atomic mass is 32.1. The summed E-state index contributed by atoms with van der Waals surface area (Å²) in [6.45, 7) is 12.5. The molecule has 0 atom stereocenters. The number of hydrogen-bond acceptors (Lipinski definition) is 36. The van der Waals surface area contributed by atoms with E-state index in [-0.39, 0.29) is 11.6 Å². The molecule has 143 heavy (non-hydrogen) atoms. The molecule has 7 aromatic carbocycles. The quantitative estimate of drug-likeness (QED) is 0.0631. The normalized spacial score (nSPS) is 11.6. The van der Waals surface area contributed by atoms with Crippen LogP contribution in [-0.4, -0.2) is 202 Å². The number of pyridine rings is 5. The van der Waals surface area contributed by atoms with Gasteiger partial charge in [0, 0.05) is 151 Å². The van der Waals surface area contributed by atoms with Crippen LogP contribution in [0.25, 0.3) is 146 Å². The number of phenolic OH excluding ortho intramolecular Hbond substituents is 1. The van der Waals surface area contributed by atoms with Gasteiger partial charge in [0.2, 0.25) is 17.8 Å². The van der Waals surface area contributed by atoms with Crippen LogP contribution in [0, 0.1) is 5.82 Å². The number of halogens is 4. The van der Waals surface area contributed by atoms with Gasteiger partial charge in [0.05, 0.1) is 144 Å². The van der Waals surface area contributed by atoms with E-state index in [4.69, 9.17) is 33.2 Å². The van der Waals surface area contributed by atoms with Gasteiger partial charge in [-0.1, -0.05) is 0 Å². The molecule has 14 aromatic heterocycles. The Bertz CT molecular complexity index is 7820. The zero-order chi connectivity index (χ0) is 100. The van der Waals surface area contributed by atoms with E-state index in [1.165, 1.54) is 41.0 Å². The van der Waals surface area contributed by atoms with Crippen molar-refractivity contribution in [3.8, 4) is 120 Å². The number of rotatable bonds is 21. The van der Waals surface area contributed by atoms with E-state index in [0.29, 0.717) is 40.6 Å². The van der Waals surface area contributed by atoms with Crippen molar-refractivity contribution in [2.24, 2.45) is 0 Å². The summed E-state index contributed by atoms with van der Waals surface area (Å²) in [5, 5.41) is 18.9. The Balaban J connectivity index is 0.000000120. The van der Waals surface area contributed by atoms with E-state index in [9.17, 15) is 22.7 Å². The van der Waals surface area contributed by atoms with E-state index >= 15 is 0 Å². The fraction of sp³-hybridized carbons (Fsp3) is 0.204. The van der Waals surface area contributed by atoms with Gasteiger partial charge in [-0.2, -0.15) is 13.2 Å². The predicted molar refractivity (Wildman–Crippen MR) is 570 cm³/mol. The van der Waals surface area contributed by atoms with Crippen LogP contribution in [0.5, 0.6) is 46.1 Å². The lowest BCUT2D eigenvalue weighted by atomic mass is 10.2. The zero-order valence-corrected chi connectivity index (χ0v) is 85.4. The highest BCUT2D eigenvalue weighted by molar-refractivity contribution is 7.24. The molecule has 2 N–H and O–H groups in total. The Morgan fingerprint density at radius 3 is 0.993 bits per heavy atom. The molecule has 0 saturated carbocycles. The van der Waals surface area contributed by atoms with Gasteiger partial charge in [0.25, 0.3) is 0 Å².